The maximum absolute atomic E-state index is 13.3. The first-order chi connectivity index (χ1) is 16.8. The van der Waals surface area contributed by atoms with Crippen molar-refractivity contribution < 1.29 is 24.2 Å². The van der Waals surface area contributed by atoms with Gasteiger partial charge >= 0.3 is 0 Å². The topological polar surface area (TPSA) is 111 Å². The third kappa shape index (κ3) is 4.03. The van der Waals surface area contributed by atoms with Crippen LogP contribution in [0.15, 0.2) is 53.3 Å². The lowest BCUT2D eigenvalue weighted by molar-refractivity contribution is -0.00596. The summed E-state index contributed by atoms with van der Waals surface area (Å²) in [5, 5.41) is 14.6. The first-order valence-electron chi connectivity index (χ1n) is 11.4. The van der Waals surface area contributed by atoms with Crippen molar-refractivity contribution in [3.05, 3.63) is 75.7 Å². The number of likely N-dealkylation sites (tertiary alicyclic amines) is 1. The monoisotopic (exact) mass is 475 g/mol. The number of aromatic nitrogens is 2. The van der Waals surface area contributed by atoms with Crippen LogP contribution in [0.4, 0.5) is 0 Å². The lowest BCUT2D eigenvalue weighted by Gasteiger charge is -2.43. The molecule has 9 nitrogen and oxygen atoms in total. The number of rotatable bonds is 3. The molecule has 0 atom stereocenters. The molecule has 180 valence electrons. The molecule has 1 aromatic heterocycles. The molecular formula is C26H25N3O6. The van der Waals surface area contributed by atoms with E-state index in [9.17, 15) is 19.5 Å². The number of ether oxygens (including phenoxy) is 2. The van der Waals surface area contributed by atoms with E-state index in [0.717, 1.165) is 16.3 Å². The predicted octanol–water partition coefficient (Wildman–Crippen LogP) is 2.90. The van der Waals surface area contributed by atoms with Gasteiger partial charge in [0.05, 0.1) is 19.1 Å². The SMILES string of the molecule is COc1ccccc1-n1nc(C(=O)N2CCC3(CC2)CC(=O)c2cc(C)ccc2O3)c(O)cc1=O. The molecule has 35 heavy (non-hydrogen) atoms. The van der Waals surface area contributed by atoms with Crippen LogP contribution in [0.3, 0.4) is 0 Å². The van der Waals surface area contributed by atoms with Crippen LogP contribution in [0.5, 0.6) is 17.2 Å². The van der Waals surface area contributed by atoms with Gasteiger partial charge in [-0.1, -0.05) is 23.8 Å². The van der Waals surface area contributed by atoms with Gasteiger partial charge in [-0.25, -0.2) is 0 Å². The number of carbonyl (C=O) groups excluding carboxylic acids is 2. The summed E-state index contributed by atoms with van der Waals surface area (Å²) in [5.41, 5.74) is 0.467. The zero-order chi connectivity index (χ0) is 24.7. The maximum Gasteiger partial charge on any atom is 0.278 e. The number of fused-ring (bicyclic) bond motifs is 1. The largest absolute Gasteiger partial charge is 0.505 e. The average Bonchev–Trinajstić information content (AvgIpc) is 2.85. The number of methoxy groups -OCH3 is 1. The third-order valence-electron chi connectivity index (χ3n) is 6.63. The summed E-state index contributed by atoms with van der Waals surface area (Å²) in [5.74, 6) is 0.0347. The molecule has 1 N–H and O–H groups in total. The summed E-state index contributed by atoms with van der Waals surface area (Å²) in [7, 11) is 1.47. The number of nitrogens with zero attached hydrogens (tertiary/aromatic N) is 3. The molecule has 0 bridgehead atoms. The van der Waals surface area contributed by atoms with Crippen LogP contribution in [0, 0.1) is 6.92 Å². The van der Waals surface area contributed by atoms with Crippen LogP contribution in [-0.4, -0.2) is 57.3 Å². The van der Waals surface area contributed by atoms with E-state index < -0.39 is 22.8 Å². The highest BCUT2D eigenvalue weighted by atomic mass is 16.5. The predicted molar refractivity (Wildman–Crippen MR) is 127 cm³/mol. The van der Waals surface area contributed by atoms with Crippen LogP contribution in [0.2, 0.25) is 0 Å². The molecule has 1 amide bonds. The third-order valence-corrected chi connectivity index (χ3v) is 6.63. The smallest absolute Gasteiger partial charge is 0.278 e. The molecule has 0 unspecified atom stereocenters. The van der Waals surface area contributed by atoms with Gasteiger partial charge in [-0.15, -0.1) is 0 Å². The van der Waals surface area contributed by atoms with Gasteiger partial charge in [-0.05, 0) is 31.2 Å². The number of para-hydroxylation sites is 2. The zero-order valence-corrected chi connectivity index (χ0v) is 19.5. The average molecular weight is 476 g/mol. The van der Waals surface area contributed by atoms with E-state index in [-0.39, 0.29) is 17.9 Å². The van der Waals surface area contributed by atoms with E-state index in [4.69, 9.17) is 9.47 Å². The van der Waals surface area contributed by atoms with Gasteiger partial charge < -0.3 is 19.5 Å². The minimum absolute atomic E-state index is 0.0397. The van der Waals surface area contributed by atoms with Crippen LogP contribution < -0.4 is 15.0 Å². The van der Waals surface area contributed by atoms with E-state index in [1.165, 1.54) is 7.11 Å². The molecule has 2 aromatic carbocycles. The number of hydrogen-bond donors (Lipinski definition) is 1. The second-order valence-corrected chi connectivity index (χ2v) is 8.98. The normalized spacial score (nSPS) is 16.5. The Hall–Kier alpha value is -4.14. The molecule has 0 saturated carbocycles. The standard InChI is InChI=1S/C26H25N3O6/c1-16-7-8-21-17(13-16)20(31)15-26(35-21)9-11-28(12-10-26)25(33)24-19(30)14-23(32)29(27-24)18-5-3-4-6-22(18)34-2/h3-8,13-14,30H,9-12,15H2,1-2H3. The van der Waals surface area contributed by atoms with Gasteiger partial charge in [0.2, 0.25) is 0 Å². The number of aromatic hydroxyl groups is 1. The molecule has 1 spiro atoms. The Morgan fingerprint density at radius 1 is 1.11 bits per heavy atom. The van der Waals surface area contributed by atoms with Crippen LogP contribution in [0.1, 0.15) is 45.7 Å². The molecular weight excluding hydrogens is 450 g/mol. The fourth-order valence-corrected chi connectivity index (χ4v) is 4.73. The zero-order valence-electron chi connectivity index (χ0n) is 19.5. The molecule has 3 heterocycles. The van der Waals surface area contributed by atoms with Crippen molar-refractivity contribution in [1.82, 2.24) is 14.7 Å². The minimum Gasteiger partial charge on any atom is -0.505 e. The molecule has 5 rings (SSSR count). The Morgan fingerprint density at radius 3 is 2.60 bits per heavy atom. The Balaban J connectivity index is 1.38. The number of aryl methyl sites for hydroxylation is 1. The lowest BCUT2D eigenvalue weighted by Crippen LogP contribution is -2.52. The maximum atomic E-state index is 13.3. The fourth-order valence-electron chi connectivity index (χ4n) is 4.73. The summed E-state index contributed by atoms with van der Waals surface area (Å²) >= 11 is 0. The van der Waals surface area contributed by atoms with E-state index in [1.54, 1.807) is 29.2 Å². The lowest BCUT2D eigenvalue weighted by atomic mass is 9.82. The van der Waals surface area contributed by atoms with E-state index in [2.05, 4.69) is 5.10 Å². The molecule has 9 heteroatoms. The first kappa shape index (κ1) is 22.6. The number of Topliss-reactive ketones (excluding diaryl/α,β-unsaturated/α-hetero) is 1. The Kier molecular flexibility index (Phi) is 5.55. The molecule has 1 saturated heterocycles. The highest BCUT2D eigenvalue weighted by Gasteiger charge is 2.44. The van der Waals surface area contributed by atoms with E-state index in [0.29, 0.717) is 48.7 Å². The van der Waals surface area contributed by atoms with Crippen molar-refractivity contribution in [3.63, 3.8) is 0 Å². The first-order valence-corrected chi connectivity index (χ1v) is 11.4. The van der Waals surface area contributed by atoms with Crippen LogP contribution in [0.25, 0.3) is 5.69 Å². The number of benzene rings is 2. The van der Waals surface area contributed by atoms with Gasteiger partial charge in [0.25, 0.3) is 11.5 Å². The second kappa shape index (κ2) is 8.57. The summed E-state index contributed by atoms with van der Waals surface area (Å²) in [6.45, 7) is 2.58. The molecule has 3 aromatic rings. The Labute approximate surface area is 201 Å². The fraction of sp³-hybridized carbons (Fsp3) is 0.308. The molecule has 0 aliphatic carbocycles. The van der Waals surface area contributed by atoms with Gasteiger partial charge in [0, 0.05) is 32.0 Å². The quantitative estimate of drug-likeness (QED) is 0.620. The van der Waals surface area contributed by atoms with Gasteiger partial charge in [0.1, 0.15) is 22.8 Å². The number of hydrogen-bond acceptors (Lipinski definition) is 7. The molecule has 2 aliphatic rings. The van der Waals surface area contributed by atoms with E-state index >= 15 is 0 Å². The van der Waals surface area contributed by atoms with Crippen molar-refractivity contribution >= 4 is 11.7 Å². The molecule has 0 radical (unpaired) electrons. The van der Waals surface area contributed by atoms with E-state index in [1.807, 2.05) is 25.1 Å². The molecule has 1 fully saturated rings. The number of piperidine rings is 1. The second-order valence-electron chi connectivity index (χ2n) is 8.98. The Morgan fingerprint density at radius 2 is 1.86 bits per heavy atom. The van der Waals surface area contributed by atoms with Crippen molar-refractivity contribution in [2.75, 3.05) is 20.2 Å². The summed E-state index contributed by atoms with van der Waals surface area (Å²) in [6, 6.07) is 13.3. The van der Waals surface area contributed by atoms with Gasteiger partial charge in [-0.2, -0.15) is 9.78 Å². The summed E-state index contributed by atoms with van der Waals surface area (Å²) in [6.07, 6.45) is 1.18. The number of ketones is 1. The van der Waals surface area contributed by atoms with Crippen LogP contribution in [-0.2, 0) is 0 Å². The van der Waals surface area contributed by atoms with Crippen molar-refractivity contribution in [3.8, 4) is 22.9 Å². The van der Waals surface area contributed by atoms with Crippen molar-refractivity contribution in [1.29, 1.82) is 0 Å². The highest BCUT2D eigenvalue weighted by molar-refractivity contribution is 6.00. The highest BCUT2D eigenvalue weighted by Crippen LogP contribution is 2.40. The minimum atomic E-state index is -0.665. The van der Waals surface area contributed by atoms with Gasteiger partial charge in [0.15, 0.2) is 17.2 Å². The Bertz CT molecular complexity index is 1390. The van der Waals surface area contributed by atoms with Gasteiger partial charge in [-0.3, -0.25) is 14.4 Å². The summed E-state index contributed by atoms with van der Waals surface area (Å²) in [4.78, 5) is 40.2. The summed E-state index contributed by atoms with van der Waals surface area (Å²) < 4.78 is 12.6. The number of carbonyl (C=O) groups is 2. The van der Waals surface area contributed by atoms with Crippen molar-refractivity contribution in [2.45, 2.75) is 31.8 Å². The van der Waals surface area contributed by atoms with Crippen molar-refractivity contribution in [2.24, 2.45) is 0 Å². The molecule has 2 aliphatic heterocycles. The van der Waals surface area contributed by atoms with Crippen LogP contribution >= 0.6 is 0 Å². The number of amides is 1.